The molecule has 0 aliphatic heterocycles. The molecule has 0 unspecified atom stereocenters. The minimum absolute atomic E-state index is 0.111. The number of anilines is 1. The number of ketones is 1. The summed E-state index contributed by atoms with van der Waals surface area (Å²) in [5, 5.41) is 0. The highest BCUT2D eigenvalue weighted by atomic mass is 32.2. The van der Waals surface area contributed by atoms with Crippen molar-refractivity contribution in [2.24, 2.45) is 0 Å². The zero-order valence-corrected chi connectivity index (χ0v) is 13.7. The van der Waals surface area contributed by atoms with E-state index >= 15 is 0 Å². The van der Waals surface area contributed by atoms with Gasteiger partial charge in [0.25, 0.3) is 10.0 Å². The summed E-state index contributed by atoms with van der Waals surface area (Å²) in [5.41, 5.74) is 1.33. The van der Waals surface area contributed by atoms with Crippen LogP contribution in [-0.2, 0) is 10.0 Å². The van der Waals surface area contributed by atoms with Gasteiger partial charge in [0.05, 0.1) is 16.8 Å². The molecule has 0 bridgehead atoms. The van der Waals surface area contributed by atoms with Gasteiger partial charge in [0.1, 0.15) is 5.76 Å². The van der Waals surface area contributed by atoms with Crippen LogP contribution in [0, 0.1) is 0 Å². The first-order chi connectivity index (χ1) is 11.5. The maximum Gasteiger partial charge on any atom is 0.261 e. The predicted octanol–water partition coefficient (Wildman–Crippen LogP) is 3.95. The van der Waals surface area contributed by atoms with E-state index in [1.807, 2.05) is 0 Å². The maximum atomic E-state index is 12.5. The Hall–Kier alpha value is -2.86. The molecule has 1 N–H and O–H groups in total. The third-order valence-corrected chi connectivity index (χ3v) is 4.89. The highest BCUT2D eigenvalue weighted by Crippen LogP contribution is 2.31. The third kappa shape index (κ3) is 3.23. The van der Waals surface area contributed by atoms with Gasteiger partial charge in [-0.25, -0.2) is 8.42 Å². The van der Waals surface area contributed by atoms with E-state index < -0.39 is 10.0 Å². The fourth-order valence-electron chi connectivity index (χ4n) is 2.29. The highest BCUT2D eigenvalue weighted by molar-refractivity contribution is 7.92. The van der Waals surface area contributed by atoms with Crippen molar-refractivity contribution in [2.45, 2.75) is 11.8 Å². The summed E-state index contributed by atoms with van der Waals surface area (Å²) in [6.07, 6.45) is 1.49. The Morgan fingerprint density at radius 1 is 1.00 bits per heavy atom. The average molecular weight is 341 g/mol. The van der Waals surface area contributed by atoms with Gasteiger partial charge in [0.2, 0.25) is 0 Å². The monoisotopic (exact) mass is 341 g/mol. The van der Waals surface area contributed by atoms with Gasteiger partial charge in [0.15, 0.2) is 5.78 Å². The second-order valence-electron chi connectivity index (χ2n) is 5.21. The van der Waals surface area contributed by atoms with Gasteiger partial charge in [-0.3, -0.25) is 9.52 Å². The first-order valence-corrected chi connectivity index (χ1v) is 8.72. The first kappa shape index (κ1) is 16.0. The number of carbonyl (C=O) groups is 1. The van der Waals surface area contributed by atoms with Crippen LogP contribution in [0.2, 0.25) is 0 Å². The van der Waals surface area contributed by atoms with Gasteiger partial charge in [-0.05, 0) is 49.4 Å². The van der Waals surface area contributed by atoms with Crippen LogP contribution in [0.5, 0.6) is 0 Å². The number of benzene rings is 2. The van der Waals surface area contributed by atoms with Crippen molar-refractivity contribution in [2.75, 3.05) is 4.72 Å². The molecule has 3 aromatic rings. The number of furan rings is 1. The normalized spacial score (nSPS) is 11.2. The summed E-state index contributed by atoms with van der Waals surface area (Å²) in [4.78, 5) is 11.8. The highest BCUT2D eigenvalue weighted by Gasteiger charge is 2.18. The largest absolute Gasteiger partial charge is 0.464 e. The number of hydrogen-bond donors (Lipinski definition) is 1. The summed E-state index contributed by atoms with van der Waals surface area (Å²) in [5.74, 6) is 0.365. The quantitative estimate of drug-likeness (QED) is 0.713. The van der Waals surface area contributed by atoms with Gasteiger partial charge in [-0.15, -0.1) is 0 Å². The van der Waals surface area contributed by atoms with E-state index in [2.05, 4.69) is 4.72 Å². The van der Waals surface area contributed by atoms with Gasteiger partial charge in [0, 0.05) is 11.1 Å². The van der Waals surface area contributed by atoms with Gasteiger partial charge in [-0.2, -0.15) is 0 Å². The van der Waals surface area contributed by atoms with E-state index in [4.69, 9.17) is 4.42 Å². The SMILES string of the molecule is CC(=O)c1ccc(NS(=O)(=O)c2ccccc2)c(-c2ccco2)c1. The van der Waals surface area contributed by atoms with Crippen LogP contribution >= 0.6 is 0 Å². The second kappa shape index (κ2) is 6.33. The molecular formula is C18H15NO4S. The molecule has 0 aliphatic carbocycles. The van der Waals surface area contributed by atoms with Crippen LogP contribution in [0.25, 0.3) is 11.3 Å². The molecule has 0 fully saturated rings. The summed E-state index contributed by atoms with van der Waals surface area (Å²) in [6.45, 7) is 1.45. The molecule has 3 rings (SSSR count). The second-order valence-corrected chi connectivity index (χ2v) is 6.89. The molecule has 0 radical (unpaired) electrons. The number of carbonyl (C=O) groups excluding carboxylic acids is 1. The number of rotatable bonds is 5. The van der Waals surface area contributed by atoms with E-state index in [0.717, 1.165) is 0 Å². The van der Waals surface area contributed by atoms with Crippen molar-refractivity contribution in [1.82, 2.24) is 0 Å². The summed E-state index contributed by atoms with van der Waals surface area (Å²) < 4.78 is 33.0. The molecule has 122 valence electrons. The Kier molecular flexibility index (Phi) is 4.22. The van der Waals surface area contributed by atoms with Crippen LogP contribution in [0.15, 0.2) is 76.2 Å². The standard InChI is InChI=1S/C18H15NO4S/c1-13(20)14-9-10-17(16(12-14)18-8-5-11-23-18)19-24(21,22)15-6-3-2-4-7-15/h2-12,19H,1H3. The molecule has 6 heteroatoms. The topological polar surface area (TPSA) is 76.4 Å². The van der Waals surface area contributed by atoms with Crippen molar-refractivity contribution < 1.29 is 17.6 Å². The van der Waals surface area contributed by atoms with Crippen LogP contribution in [0.4, 0.5) is 5.69 Å². The van der Waals surface area contributed by atoms with Gasteiger partial charge >= 0.3 is 0 Å². The number of Topliss-reactive ketones (excluding diaryl/α,β-unsaturated/α-hetero) is 1. The zero-order valence-electron chi connectivity index (χ0n) is 12.9. The molecule has 0 atom stereocenters. The fourth-order valence-corrected chi connectivity index (χ4v) is 3.39. The van der Waals surface area contributed by atoms with Crippen molar-refractivity contribution in [3.05, 3.63) is 72.5 Å². The van der Waals surface area contributed by atoms with E-state index in [0.29, 0.717) is 22.6 Å². The lowest BCUT2D eigenvalue weighted by molar-refractivity contribution is 0.101. The lowest BCUT2D eigenvalue weighted by Crippen LogP contribution is -2.13. The van der Waals surface area contributed by atoms with Crippen molar-refractivity contribution >= 4 is 21.5 Å². The van der Waals surface area contributed by atoms with Crippen LogP contribution in [0.3, 0.4) is 0 Å². The Morgan fingerprint density at radius 2 is 1.75 bits per heavy atom. The molecule has 24 heavy (non-hydrogen) atoms. The molecule has 0 spiro atoms. The minimum atomic E-state index is -3.74. The minimum Gasteiger partial charge on any atom is -0.464 e. The Balaban J connectivity index is 2.07. The molecule has 0 aliphatic rings. The fraction of sp³-hybridized carbons (Fsp3) is 0.0556. The van der Waals surface area contributed by atoms with Crippen LogP contribution in [0.1, 0.15) is 17.3 Å². The molecule has 2 aromatic carbocycles. The van der Waals surface area contributed by atoms with Gasteiger partial charge < -0.3 is 4.42 Å². The number of nitrogens with one attached hydrogen (secondary N) is 1. The number of hydrogen-bond acceptors (Lipinski definition) is 4. The van der Waals surface area contributed by atoms with Crippen LogP contribution < -0.4 is 4.72 Å². The molecule has 1 aromatic heterocycles. The third-order valence-electron chi connectivity index (χ3n) is 3.51. The average Bonchev–Trinajstić information content (AvgIpc) is 3.10. The maximum absolute atomic E-state index is 12.5. The summed E-state index contributed by atoms with van der Waals surface area (Å²) in [7, 11) is -3.74. The Morgan fingerprint density at radius 3 is 2.38 bits per heavy atom. The van der Waals surface area contributed by atoms with E-state index in [-0.39, 0.29) is 10.7 Å². The van der Waals surface area contributed by atoms with Crippen LogP contribution in [-0.4, -0.2) is 14.2 Å². The Bertz CT molecular complexity index is 962. The first-order valence-electron chi connectivity index (χ1n) is 7.24. The van der Waals surface area contributed by atoms with E-state index in [1.54, 1.807) is 48.5 Å². The summed E-state index contributed by atoms with van der Waals surface area (Å²) >= 11 is 0. The molecular weight excluding hydrogens is 326 g/mol. The van der Waals surface area contributed by atoms with Crippen molar-refractivity contribution in [3.63, 3.8) is 0 Å². The smallest absolute Gasteiger partial charge is 0.261 e. The predicted molar refractivity (Wildman–Crippen MR) is 91.4 cm³/mol. The van der Waals surface area contributed by atoms with E-state index in [1.165, 1.54) is 25.3 Å². The lowest BCUT2D eigenvalue weighted by Gasteiger charge is -2.12. The molecule has 0 saturated carbocycles. The Labute approximate surface area is 140 Å². The van der Waals surface area contributed by atoms with Crippen molar-refractivity contribution in [1.29, 1.82) is 0 Å². The summed E-state index contributed by atoms with van der Waals surface area (Å²) in [6, 6.07) is 16.2. The molecule has 5 nitrogen and oxygen atoms in total. The number of sulfonamides is 1. The van der Waals surface area contributed by atoms with E-state index in [9.17, 15) is 13.2 Å². The molecule has 0 saturated heterocycles. The van der Waals surface area contributed by atoms with Gasteiger partial charge in [-0.1, -0.05) is 18.2 Å². The van der Waals surface area contributed by atoms with Crippen molar-refractivity contribution in [3.8, 4) is 11.3 Å². The molecule has 1 heterocycles. The molecule has 0 amide bonds. The zero-order chi connectivity index (χ0) is 17.2. The lowest BCUT2D eigenvalue weighted by atomic mass is 10.0.